The number of nitrogens with two attached hydrogens (primary N) is 2. The van der Waals surface area contributed by atoms with Gasteiger partial charge in [-0.1, -0.05) is 52.7 Å². The predicted molar refractivity (Wildman–Crippen MR) is 204 cm³/mol. The summed E-state index contributed by atoms with van der Waals surface area (Å²) in [7, 11) is 1.43. The number of fused-ring (bicyclic) bond motifs is 1. The van der Waals surface area contributed by atoms with E-state index in [4.69, 9.17) is 20.9 Å². The summed E-state index contributed by atoms with van der Waals surface area (Å²) in [6.07, 6.45) is 18.2. The second-order valence-corrected chi connectivity index (χ2v) is 13.2. The lowest BCUT2D eigenvalue weighted by atomic mass is 10.1. The molecule has 14 heteroatoms. The second-order valence-electron chi connectivity index (χ2n) is 12.2. The van der Waals surface area contributed by atoms with Crippen LogP contribution in [-0.2, 0) is 28.7 Å². The number of nitrogens with one attached hydrogen (secondary N) is 2. The molecule has 2 saturated carbocycles. The van der Waals surface area contributed by atoms with Gasteiger partial charge in [0.25, 0.3) is 5.56 Å². The highest BCUT2D eigenvalue weighted by Crippen LogP contribution is 2.40. The fourth-order valence-electron chi connectivity index (χ4n) is 5.57. The van der Waals surface area contributed by atoms with Crippen molar-refractivity contribution >= 4 is 45.2 Å². The number of hydrogen-bond donors (Lipinski definition) is 4. The summed E-state index contributed by atoms with van der Waals surface area (Å²) in [5.74, 6) is 1.00. The van der Waals surface area contributed by atoms with E-state index < -0.39 is 6.04 Å². The minimum absolute atomic E-state index is 0. The number of esters is 1. The van der Waals surface area contributed by atoms with Crippen LogP contribution in [0.15, 0.2) is 40.9 Å². The Hall–Kier alpha value is -4.20. The van der Waals surface area contributed by atoms with Gasteiger partial charge in [0, 0.05) is 28.4 Å². The van der Waals surface area contributed by atoms with Crippen LogP contribution in [0.4, 0.5) is 0 Å². The van der Waals surface area contributed by atoms with Crippen LogP contribution >= 0.6 is 11.3 Å². The van der Waals surface area contributed by atoms with E-state index in [0.717, 1.165) is 44.9 Å². The van der Waals surface area contributed by atoms with Crippen molar-refractivity contribution in [3.63, 3.8) is 0 Å². The van der Waals surface area contributed by atoms with Crippen LogP contribution in [0.25, 0.3) is 10.2 Å². The van der Waals surface area contributed by atoms with E-state index in [2.05, 4.69) is 27.4 Å². The van der Waals surface area contributed by atoms with Crippen LogP contribution in [0.1, 0.15) is 120 Å². The van der Waals surface area contributed by atoms with Crippen molar-refractivity contribution in [2.45, 2.75) is 117 Å². The van der Waals surface area contributed by atoms with E-state index in [1.54, 1.807) is 11.1 Å². The first-order valence-corrected chi connectivity index (χ1v) is 19.2. The first kappa shape index (κ1) is 43.0. The average Bonchev–Trinajstić information content (AvgIpc) is 3.83. The lowest BCUT2D eigenvalue weighted by molar-refractivity contribution is -0.142. The van der Waals surface area contributed by atoms with Crippen LogP contribution < -0.4 is 22.3 Å². The Morgan fingerprint density at radius 2 is 1.82 bits per heavy atom. The second kappa shape index (κ2) is 23.3. The Labute approximate surface area is 308 Å². The molecular formula is C37H62N6O7S. The smallest absolute Gasteiger partial charge is 0.309 e. The van der Waals surface area contributed by atoms with Crippen molar-refractivity contribution in [1.82, 2.24) is 20.2 Å². The Morgan fingerprint density at radius 1 is 1.10 bits per heavy atom. The first-order chi connectivity index (χ1) is 24.7. The van der Waals surface area contributed by atoms with Gasteiger partial charge < -0.3 is 36.1 Å². The van der Waals surface area contributed by atoms with Gasteiger partial charge in [0.05, 0.1) is 18.5 Å². The van der Waals surface area contributed by atoms with Gasteiger partial charge in [-0.05, 0) is 74.6 Å². The average molecular weight is 735 g/mol. The lowest BCUT2D eigenvalue weighted by Crippen LogP contribution is -2.43. The van der Waals surface area contributed by atoms with Crippen molar-refractivity contribution in [3.8, 4) is 0 Å². The number of likely N-dealkylation sites (tertiary alicyclic amines) is 1. The zero-order chi connectivity index (χ0) is 37.8. The zero-order valence-electron chi connectivity index (χ0n) is 30.9. The highest BCUT2D eigenvalue weighted by molar-refractivity contribution is 7.17. The summed E-state index contributed by atoms with van der Waals surface area (Å²) in [5.41, 5.74) is 10.8. The number of thiophene rings is 1. The van der Waals surface area contributed by atoms with E-state index in [1.165, 1.54) is 37.6 Å². The summed E-state index contributed by atoms with van der Waals surface area (Å²) in [6.45, 7) is 8.66. The number of carbonyl (C=O) groups is 4. The molecule has 2 aromatic rings. The number of unbranched alkanes of at least 4 members (excludes halogenated alkanes) is 4. The molecule has 4 aliphatic rings. The van der Waals surface area contributed by atoms with Crippen molar-refractivity contribution in [2.24, 2.45) is 29.2 Å². The lowest BCUT2D eigenvalue weighted by Gasteiger charge is -2.22. The van der Waals surface area contributed by atoms with Gasteiger partial charge in [-0.15, -0.1) is 11.3 Å². The maximum atomic E-state index is 12.2. The number of amides is 3. The van der Waals surface area contributed by atoms with Gasteiger partial charge in [-0.2, -0.15) is 0 Å². The predicted octanol–water partition coefficient (Wildman–Crippen LogP) is 6.06. The summed E-state index contributed by atoms with van der Waals surface area (Å²) in [4.78, 5) is 65.1. The van der Waals surface area contributed by atoms with E-state index >= 15 is 0 Å². The van der Waals surface area contributed by atoms with Gasteiger partial charge in [-0.25, -0.2) is 4.98 Å². The van der Waals surface area contributed by atoms with Crippen molar-refractivity contribution in [1.29, 1.82) is 0 Å². The van der Waals surface area contributed by atoms with Crippen molar-refractivity contribution in [2.75, 3.05) is 13.7 Å². The molecule has 6 N–H and O–H groups in total. The number of rotatable bonds is 13. The fraction of sp³-hybridized carbons (Fsp3) is 0.622. The number of H-pyrrole nitrogens is 1. The molecule has 3 fully saturated rings. The maximum Gasteiger partial charge on any atom is 0.309 e. The largest absolute Gasteiger partial charge is 0.469 e. The van der Waals surface area contributed by atoms with E-state index in [-0.39, 0.29) is 44.2 Å². The number of allylic oxidation sites excluding steroid dienone is 2. The topological polar surface area (TPSA) is 200 Å². The number of methoxy groups -OCH3 is 1. The molecule has 4 heterocycles. The summed E-state index contributed by atoms with van der Waals surface area (Å²) < 4.78 is 10.6. The van der Waals surface area contributed by atoms with Gasteiger partial charge >= 0.3 is 5.97 Å². The third kappa shape index (κ3) is 14.9. The minimum Gasteiger partial charge on any atom is -0.469 e. The number of aromatic amines is 1. The Balaban J connectivity index is 0.000000815. The molecular weight excluding hydrogens is 673 g/mol. The fourth-order valence-corrected chi connectivity index (χ4v) is 6.29. The van der Waals surface area contributed by atoms with Gasteiger partial charge in [0.2, 0.25) is 23.9 Å². The molecule has 4 atom stereocenters. The molecule has 0 bridgehead atoms. The van der Waals surface area contributed by atoms with Crippen molar-refractivity contribution in [3.05, 3.63) is 52.2 Å². The molecule has 0 spiro atoms. The molecule has 51 heavy (non-hydrogen) atoms. The number of aromatic nitrogens is 2. The van der Waals surface area contributed by atoms with Crippen LogP contribution in [0.3, 0.4) is 0 Å². The molecule has 2 aliphatic carbocycles. The summed E-state index contributed by atoms with van der Waals surface area (Å²) >= 11 is 1.38. The van der Waals surface area contributed by atoms with Crippen LogP contribution in [0, 0.1) is 17.8 Å². The standard InChI is InChI=1S/C19H30N2O4.C9H7N3O2S.C5H9NO.2C2H6.2H2/c1-25-19(24)15-13-14(15)9-6-4-2-3-5-7-11-17(22)21-12-8-10-16(21)18(20)23;13-8-6-5(1-4-15-6)11-7(12-8)9-10-2-3-14-9;6-5(7)3-4-1-2-4;2*1-2;;/h6,9,14-16H,2-5,7-8,10-13H2,1H3,(H2,20,23);1-4,9-10H,(H,11,12,13);4H,1-3H2,(H2,6,7);2*1-2H3;2*1H/b9-6-;;;;;;/t14-,15+,16+;;;;;;/m1....../s1. The normalized spacial score (nSPS) is 20.9. The SMILES string of the molecule is CC.CC.COC(=O)[C@H]1C[C@H]1/C=C\CCCCCCC(=O)N1CCC[C@H]1C(N)=O.NC(=O)CC1CC1.O=c1[nH]c(C2NC=CO2)nc2ccsc12.[HH].[HH]. The summed E-state index contributed by atoms with van der Waals surface area (Å²) in [5, 5.41) is 4.77. The molecule has 6 rings (SSSR count). The Bertz CT molecular complexity index is 1510. The molecule has 2 aromatic heterocycles. The molecule has 1 unspecified atom stereocenters. The third-order valence-corrected chi connectivity index (χ3v) is 9.34. The molecule has 0 aromatic carbocycles. The van der Waals surface area contributed by atoms with Crippen molar-refractivity contribution < 1.29 is 31.5 Å². The minimum atomic E-state index is -0.395. The molecule has 1 saturated heterocycles. The molecule has 13 nitrogen and oxygen atoms in total. The van der Waals surface area contributed by atoms with E-state index in [1.807, 2.05) is 39.1 Å². The quantitative estimate of drug-likeness (QED) is 0.107. The highest BCUT2D eigenvalue weighted by Gasteiger charge is 2.41. The number of ether oxygens (including phenoxy) is 2. The van der Waals surface area contributed by atoms with E-state index in [9.17, 15) is 24.0 Å². The molecule has 0 radical (unpaired) electrons. The third-order valence-electron chi connectivity index (χ3n) is 8.44. The van der Waals surface area contributed by atoms with E-state index in [0.29, 0.717) is 53.7 Å². The number of hydrogen-bond acceptors (Lipinski definition) is 10. The highest BCUT2D eigenvalue weighted by atomic mass is 32.1. The van der Waals surface area contributed by atoms with Gasteiger partial charge in [0.1, 0.15) is 17.0 Å². The van der Waals surface area contributed by atoms with Gasteiger partial charge in [0.15, 0.2) is 5.82 Å². The number of carbonyl (C=O) groups excluding carboxylic acids is 4. The number of nitrogens with zero attached hydrogens (tertiary/aromatic N) is 2. The molecule has 3 amide bonds. The molecule has 2 aliphatic heterocycles. The maximum absolute atomic E-state index is 12.2. The molecule has 288 valence electrons. The van der Waals surface area contributed by atoms with Crippen LogP contribution in [-0.4, -0.2) is 58.3 Å². The number of primary amides is 2. The van der Waals surface area contributed by atoms with Crippen LogP contribution in [0.2, 0.25) is 0 Å². The Kier molecular flexibility index (Phi) is 19.6. The Morgan fingerprint density at radius 3 is 2.43 bits per heavy atom. The summed E-state index contributed by atoms with van der Waals surface area (Å²) in [6, 6.07) is 1.43. The van der Waals surface area contributed by atoms with Gasteiger partial charge in [-0.3, -0.25) is 24.0 Å². The monoisotopic (exact) mass is 734 g/mol. The first-order valence-electron chi connectivity index (χ1n) is 18.3. The van der Waals surface area contributed by atoms with Crippen LogP contribution in [0.5, 0.6) is 0 Å². The zero-order valence-corrected chi connectivity index (χ0v) is 31.7.